The van der Waals surface area contributed by atoms with Gasteiger partial charge in [-0.15, -0.1) is 0 Å². The smallest absolute Gasteiger partial charge is 0.356 e. The summed E-state index contributed by atoms with van der Waals surface area (Å²) in [5.74, 6) is -1.20. The minimum Gasteiger partial charge on any atom is -0.476 e. The number of pyridine rings is 1. The number of aromatic carboxylic acids is 1. The Kier molecular flexibility index (Phi) is 4.54. The molecule has 0 atom stereocenters. The van der Waals surface area contributed by atoms with E-state index >= 15 is 0 Å². The highest BCUT2D eigenvalue weighted by Gasteiger charge is 2.13. The summed E-state index contributed by atoms with van der Waals surface area (Å²) in [6, 6.07) is 7.84. The zero-order chi connectivity index (χ0) is 15.4. The molecule has 21 heavy (non-hydrogen) atoms. The molecule has 1 aromatic heterocycles. The Morgan fingerprint density at radius 3 is 2.67 bits per heavy atom. The van der Waals surface area contributed by atoms with E-state index in [1.165, 1.54) is 12.3 Å². The standard InChI is InChI=1S/C14H12BrN3O3/c1-8-7-9(4-5-10(8)15)17-14(21)18-11-3-2-6-16-12(11)13(19)20/h2-7H,1H3,(H,19,20)(H2,17,18,21). The number of carbonyl (C=O) groups is 2. The highest BCUT2D eigenvalue weighted by atomic mass is 79.9. The molecule has 1 aromatic carbocycles. The summed E-state index contributed by atoms with van der Waals surface area (Å²) in [6.07, 6.45) is 1.35. The number of aryl methyl sites for hydroxylation is 1. The van der Waals surface area contributed by atoms with Crippen LogP contribution < -0.4 is 10.6 Å². The van der Waals surface area contributed by atoms with Gasteiger partial charge in [0.05, 0.1) is 5.69 Å². The third kappa shape index (κ3) is 3.79. The van der Waals surface area contributed by atoms with Crippen LogP contribution in [-0.4, -0.2) is 22.1 Å². The number of halogens is 1. The Morgan fingerprint density at radius 2 is 2.00 bits per heavy atom. The second kappa shape index (κ2) is 6.36. The molecule has 2 rings (SSSR count). The Morgan fingerprint density at radius 1 is 1.24 bits per heavy atom. The number of carboxylic acids is 1. The van der Waals surface area contributed by atoms with Crippen LogP contribution in [0.2, 0.25) is 0 Å². The maximum absolute atomic E-state index is 11.9. The molecule has 0 spiro atoms. The van der Waals surface area contributed by atoms with Gasteiger partial charge >= 0.3 is 12.0 Å². The molecule has 108 valence electrons. The number of carboxylic acid groups (broad SMARTS) is 1. The van der Waals surface area contributed by atoms with Gasteiger partial charge in [-0.25, -0.2) is 14.6 Å². The number of nitrogens with one attached hydrogen (secondary N) is 2. The third-order valence-electron chi connectivity index (χ3n) is 2.67. The zero-order valence-corrected chi connectivity index (χ0v) is 12.6. The molecular weight excluding hydrogens is 338 g/mol. The fraction of sp³-hybridized carbons (Fsp3) is 0.0714. The van der Waals surface area contributed by atoms with Crippen molar-refractivity contribution in [3.63, 3.8) is 0 Å². The van der Waals surface area contributed by atoms with Crippen molar-refractivity contribution in [2.24, 2.45) is 0 Å². The van der Waals surface area contributed by atoms with Crippen LogP contribution in [-0.2, 0) is 0 Å². The minimum atomic E-state index is -1.20. The SMILES string of the molecule is Cc1cc(NC(=O)Nc2cccnc2C(=O)O)ccc1Br. The zero-order valence-electron chi connectivity index (χ0n) is 11.1. The predicted octanol–water partition coefficient (Wildman–Crippen LogP) is 3.49. The lowest BCUT2D eigenvalue weighted by Crippen LogP contribution is -2.21. The van der Waals surface area contributed by atoms with Crippen LogP contribution in [0, 0.1) is 6.92 Å². The van der Waals surface area contributed by atoms with E-state index < -0.39 is 12.0 Å². The first-order valence-electron chi connectivity index (χ1n) is 6.00. The molecule has 2 amide bonds. The first-order valence-corrected chi connectivity index (χ1v) is 6.79. The normalized spacial score (nSPS) is 10.0. The second-order valence-electron chi connectivity index (χ2n) is 4.25. The van der Waals surface area contributed by atoms with Gasteiger partial charge in [0, 0.05) is 16.4 Å². The number of hydrogen-bond acceptors (Lipinski definition) is 3. The molecule has 3 N–H and O–H groups in total. The average molecular weight is 350 g/mol. The van der Waals surface area contributed by atoms with Crippen molar-refractivity contribution in [3.05, 3.63) is 52.3 Å². The van der Waals surface area contributed by atoms with E-state index in [-0.39, 0.29) is 11.4 Å². The summed E-state index contributed by atoms with van der Waals surface area (Å²) >= 11 is 3.37. The van der Waals surface area contributed by atoms with Gasteiger partial charge < -0.3 is 15.7 Å². The molecule has 0 saturated heterocycles. The summed E-state index contributed by atoms with van der Waals surface area (Å²) in [7, 11) is 0. The maximum atomic E-state index is 11.9. The van der Waals surface area contributed by atoms with Crippen molar-refractivity contribution in [2.45, 2.75) is 6.92 Å². The summed E-state index contributed by atoms with van der Waals surface area (Å²) < 4.78 is 0.939. The fourth-order valence-corrected chi connectivity index (χ4v) is 1.93. The first-order chi connectivity index (χ1) is 9.97. The largest absolute Gasteiger partial charge is 0.476 e. The summed E-state index contributed by atoms with van der Waals surface area (Å²) in [6.45, 7) is 1.90. The second-order valence-corrected chi connectivity index (χ2v) is 5.10. The molecule has 1 heterocycles. The van der Waals surface area contributed by atoms with Crippen molar-refractivity contribution in [1.82, 2.24) is 4.98 Å². The summed E-state index contributed by atoms with van der Waals surface area (Å²) in [5.41, 5.74) is 1.50. The number of hydrogen-bond donors (Lipinski definition) is 3. The molecular formula is C14H12BrN3O3. The summed E-state index contributed by atoms with van der Waals surface area (Å²) in [5, 5.41) is 14.1. The Bertz CT molecular complexity index is 704. The molecule has 6 nitrogen and oxygen atoms in total. The van der Waals surface area contributed by atoms with Gasteiger partial charge in [0.2, 0.25) is 0 Å². The van der Waals surface area contributed by atoms with Gasteiger partial charge in [-0.1, -0.05) is 15.9 Å². The fourth-order valence-electron chi connectivity index (χ4n) is 1.68. The van der Waals surface area contributed by atoms with Gasteiger partial charge in [0.15, 0.2) is 5.69 Å². The summed E-state index contributed by atoms with van der Waals surface area (Å²) in [4.78, 5) is 26.6. The van der Waals surface area contributed by atoms with Crippen LogP contribution >= 0.6 is 15.9 Å². The van der Waals surface area contributed by atoms with Crippen molar-refractivity contribution < 1.29 is 14.7 Å². The van der Waals surface area contributed by atoms with Crippen LogP contribution in [0.15, 0.2) is 41.0 Å². The highest BCUT2D eigenvalue weighted by molar-refractivity contribution is 9.10. The predicted molar refractivity (Wildman–Crippen MR) is 82.7 cm³/mol. The third-order valence-corrected chi connectivity index (χ3v) is 3.56. The molecule has 0 bridgehead atoms. The number of rotatable bonds is 3. The number of nitrogens with zero attached hydrogens (tertiary/aromatic N) is 1. The maximum Gasteiger partial charge on any atom is 0.356 e. The van der Waals surface area contributed by atoms with E-state index in [1.807, 2.05) is 13.0 Å². The number of anilines is 2. The van der Waals surface area contributed by atoms with E-state index in [9.17, 15) is 9.59 Å². The molecule has 0 aliphatic carbocycles. The lowest BCUT2D eigenvalue weighted by molar-refractivity contribution is 0.0692. The number of amides is 2. The van der Waals surface area contributed by atoms with Gasteiger partial charge in [0.25, 0.3) is 0 Å². The highest BCUT2D eigenvalue weighted by Crippen LogP contribution is 2.20. The monoisotopic (exact) mass is 349 g/mol. The van der Waals surface area contributed by atoms with Crippen LogP contribution in [0.1, 0.15) is 16.1 Å². The van der Waals surface area contributed by atoms with E-state index in [4.69, 9.17) is 5.11 Å². The van der Waals surface area contributed by atoms with Crippen LogP contribution in [0.5, 0.6) is 0 Å². The van der Waals surface area contributed by atoms with Crippen molar-refractivity contribution >= 4 is 39.3 Å². The van der Waals surface area contributed by atoms with Gasteiger partial charge in [-0.2, -0.15) is 0 Å². The Hall–Kier alpha value is -2.41. The van der Waals surface area contributed by atoms with E-state index in [0.29, 0.717) is 5.69 Å². The first kappa shape index (κ1) is 15.0. The molecule has 0 saturated carbocycles. The molecule has 0 fully saturated rings. The van der Waals surface area contributed by atoms with Crippen LogP contribution in [0.25, 0.3) is 0 Å². The van der Waals surface area contributed by atoms with Crippen molar-refractivity contribution in [2.75, 3.05) is 10.6 Å². The van der Waals surface area contributed by atoms with Crippen molar-refractivity contribution in [1.29, 1.82) is 0 Å². The average Bonchev–Trinajstić information content (AvgIpc) is 2.43. The number of benzene rings is 1. The topological polar surface area (TPSA) is 91.3 Å². The Balaban J connectivity index is 2.12. The molecule has 0 aliphatic heterocycles. The number of aromatic nitrogens is 1. The quantitative estimate of drug-likeness (QED) is 0.790. The number of carbonyl (C=O) groups excluding carboxylic acids is 1. The lowest BCUT2D eigenvalue weighted by Gasteiger charge is -2.10. The molecule has 0 radical (unpaired) electrons. The molecule has 0 aliphatic rings. The number of urea groups is 1. The van der Waals surface area contributed by atoms with Crippen LogP contribution in [0.4, 0.5) is 16.2 Å². The van der Waals surface area contributed by atoms with Crippen molar-refractivity contribution in [3.8, 4) is 0 Å². The lowest BCUT2D eigenvalue weighted by atomic mass is 10.2. The van der Waals surface area contributed by atoms with E-state index in [0.717, 1.165) is 10.0 Å². The van der Waals surface area contributed by atoms with E-state index in [1.54, 1.807) is 18.2 Å². The molecule has 7 heteroatoms. The minimum absolute atomic E-state index is 0.135. The van der Waals surface area contributed by atoms with Crippen LogP contribution in [0.3, 0.4) is 0 Å². The van der Waals surface area contributed by atoms with E-state index in [2.05, 4.69) is 31.5 Å². The molecule has 0 unspecified atom stereocenters. The Labute approximate surface area is 129 Å². The van der Waals surface area contributed by atoms with Gasteiger partial charge in [-0.3, -0.25) is 0 Å². The molecule has 2 aromatic rings. The van der Waals surface area contributed by atoms with Gasteiger partial charge in [-0.05, 0) is 42.8 Å². The van der Waals surface area contributed by atoms with Gasteiger partial charge in [0.1, 0.15) is 0 Å².